The molecule has 16 heavy (non-hydrogen) atoms. The van der Waals surface area contributed by atoms with Gasteiger partial charge in [0.15, 0.2) is 0 Å². The fourth-order valence-corrected chi connectivity index (χ4v) is 1.54. The van der Waals surface area contributed by atoms with E-state index in [-0.39, 0.29) is 5.91 Å². The minimum absolute atomic E-state index is 0.0121. The predicted molar refractivity (Wildman–Crippen MR) is 62.7 cm³/mol. The van der Waals surface area contributed by atoms with Crippen LogP contribution in [0.2, 0.25) is 0 Å². The van der Waals surface area contributed by atoms with Gasteiger partial charge in [0, 0.05) is 12.6 Å². The van der Waals surface area contributed by atoms with Crippen molar-refractivity contribution in [3.05, 3.63) is 41.5 Å². The molecule has 0 atom stereocenters. The van der Waals surface area contributed by atoms with Gasteiger partial charge in [0.05, 0.1) is 6.61 Å². The van der Waals surface area contributed by atoms with Crippen LogP contribution in [0.4, 0.5) is 0 Å². The molecule has 1 amide bonds. The number of benzene rings is 1. The van der Waals surface area contributed by atoms with Crippen molar-refractivity contribution >= 4 is 12.0 Å². The first-order chi connectivity index (χ1) is 7.75. The summed E-state index contributed by atoms with van der Waals surface area (Å²) in [5.74, 6) is 0.0121. The van der Waals surface area contributed by atoms with Crippen molar-refractivity contribution in [1.82, 2.24) is 4.90 Å². The van der Waals surface area contributed by atoms with E-state index in [0.29, 0.717) is 19.9 Å². The number of hydrogen-bond donors (Lipinski definition) is 0. The SMILES string of the molecule is Cc1ccc(/C=C/C(=O)N2CCOC2)cc1. The molecule has 2 rings (SSSR count). The molecule has 1 aromatic carbocycles. The summed E-state index contributed by atoms with van der Waals surface area (Å²) in [4.78, 5) is 13.3. The molecule has 1 aliphatic rings. The molecular formula is C13H15NO2. The average molecular weight is 217 g/mol. The molecule has 0 aromatic heterocycles. The molecule has 0 unspecified atom stereocenters. The number of hydrogen-bond acceptors (Lipinski definition) is 2. The van der Waals surface area contributed by atoms with E-state index in [1.54, 1.807) is 11.0 Å². The van der Waals surface area contributed by atoms with Crippen LogP contribution in [0.15, 0.2) is 30.3 Å². The van der Waals surface area contributed by atoms with Crippen molar-refractivity contribution in [3.63, 3.8) is 0 Å². The number of aryl methyl sites for hydroxylation is 1. The molecule has 1 fully saturated rings. The van der Waals surface area contributed by atoms with E-state index in [9.17, 15) is 4.79 Å². The van der Waals surface area contributed by atoms with E-state index in [4.69, 9.17) is 4.74 Å². The summed E-state index contributed by atoms with van der Waals surface area (Å²) in [5, 5.41) is 0. The van der Waals surface area contributed by atoms with Gasteiger partial charge < -0.3 is 9.64 Å². The molecule has 1 saturated heterocycles. The zero-order chi connectivity index (χ0) is 11.4. The summed E-state index contributed by atoms with van der Waals surface area (Å²) in [7, 11) is 0. The van der Waals surface area contributed by atoms with Crippen molar-refractivity contribution in [2.24, 2.45) is 0 Å². The van der Waals surface area contributed by atoms with Crippen LogP contribution in [0.3, 0.4) is 0 Å². The van der Waals surface area contributed by atoms with E-state index < -0.39 is 0 Å². The Labute approximate surface area is 95.3 Å². The Hall–Kier alpha value is -1.61. The molecule has 0 N–H and O–H groups in total. The number of ether oxygens (including phenoxy) is 1. The first kappa shape index (κ1) is 10.9. The van der Waals surface area contributed by atoms with Crippen LogP contribution >= 0.6 is 0 Å². The summed E-state index contributed by atoms with van der Waals surface area (Å²) in [5.41, 5.74) is 2.26. The number of carbonyl (C=O) groups excluding carboxylic acids is 1. The molecule has 0 aliphatic carbocycles. The molecule has 3 heteroatoms. The average Bonchev–Trinajstić information content (AvgIpc) is 2.81. The van der Waals surface area contributed by atoms with Crippen LogP contribution in [-0.2, 0) is 9.53 Å². The Bertz CT molecular complexity index is 389. The van der Waals surface area contributed by atoms with Crippen molar-refractivity contribution in [1.29, 1.82) is 0 Å². The van der Waals surface area contributed by atoms with Gasteiger partial charge in [0.25, 0.3) is 0 Å². The fraction of sp³-hybridized carbons (Fsp3) is 0.308. The number of amides is 1. The highest BCUT2D eigenvalue weighted by Crippen LogP contribution is 2.06. The quantitative estimate of drug-likeness (QED) is 0.707. The highest BCUT2D eigenvalue weighted by atomic mass is 16.5. The number of nitrogens with zero attached hydrogens (tertiary/aromatic N) is 1. The summed E-state index contributed by atoms with van der Waals surface area (Å²) in [6.45, 7) is 3.79. The van der Waals surface area contributed by atoms with Gasteiger partial charge in [-0.3, -0.25) is 4.79 Å². The van der Waals surface area contributed by atoms with Crippen LogP contribution in [0.25, 0.3) is 6.08 Å². The van der Waals surface area contributed by atoms with Gasteiger partial charge >= 0.3 is 0 Å². The lowest BCUT2D eigenvalue weighted by Gasteiger charge is -2.09. The lowest BCUT2D eigenvalue weighted by atomic mass is 10.1. The second-order valence-corrected chi connectivity index (χ2v) is 3.88. The monoisotopic (exact) mass is 217 g/mol. The molecular weight excluding hydrogens is 202 g/mol. The first-order valence-corrected chi connectivity index (χ1v) is 5.37. The largest absolute Gasteiger partial charge is 0.359 e. The van der Waals surface area contributed by atoms with E-state index >= 15 is 0 Å². The lowest BCUT2D eigenvalue weighted by Crippen LogP contribution is -2.26. The number of rotatable bonds is 2. The zero-order valence-corrected chi connectivity index (χ0v) is 9.35. The highest BCUT2D eigenvalue weighted by Gasteiger charge is 2.15. The second kappa shape index (κ2) is 4.94. The Morgan fingerprint density at radius 2 is 2.12 bits per heavy atom. The third kappa shape index (κ3) is 2.70. The van der Waals surface area contributed by atoms with Gasteiger partial charge in [-0.1, -0.05) is 29.8 Å². The Kier molecular flexibility index (Phi) is 3.37. The van der Waals surface area contributed by atoms with Gasteiger partial charge in [0.2, 0.25) is 5.91 Å². The summed E-state index contributed by atoms with van der Waals surface area (Å²) < 4.78 is 5.12. The van der Waals surface area contributed by atoms with Crippen LogP contribution in [0, 0.1) is 6.92 Å². The molecule has 0 saturated carbocycles. The molecule has 84 valence electrons. The maximum absolute atomic E-state index is 11.6. The van der Waals surface area contributed by atoms with Crippen molar-refractivity contribution in [3.8, 4) is 0 Å². The highest BCUT2D eigenvalue weighted by molar-refractivity contribution is 5.91. The minimum Gasteiger partial charge on any atom is -0.359 e. The molecule has 1 aromatic rings. The molecule has 0 radical (unpaired) electrons. The summed E-state index contributed by atoms with van der Waals surface area (Å²) >= 11 is 0. The molecule has 1 heterocycles. The third-order valence-corrected chi connectivity index (χ3v) is 2.56. The Morgan fingerprint density at radius 3 is 2.75 bits per heavy atom. The zero-order valence-electron chi connectivity index (χ0n) is 9.35. The predicted octanol–water partition coefficient (Wildman–Crippen LogP) is 1.82. The van der Waals surface area contributed by atoms with Gasteiger partial charge in [-0.05, 0) is 18.6 Å². The number of carbonyl (C=O) groups is 1. The Morgan fingerprint density at radius 1 is 1.38 bits per heavy atom. The van der Waals surface area contributed by atoms with E-state index in [1.165, 1.54) is 5.56 Å². The maximum Gasteiger partial charge on any atom is 0.248 e. The minimum atomic E-state index is 0.0121. The van der Waals surface area contributed by atoms with Gasteiger partial charge in [-0.15, -0.1) is 0 Å². The van der Waals surface area contributed by atoms with Crippen LogP contribution in [0.5, 0.6) is 0 Å². The van der Waals surface area contributed by atoms with Crippen LogP contribution < -0.4 is 0 Å². The van der Waals surface area contributed by atoms with Gasteiger partial charge in [-0.25, -0.2) is 0 Å². The van der Waals surface area contributed by atoms with E-state index in [1.807, 2.05) is 37.3 Å². The van der Waals surface area contributed by atoms with Gasteiger partial charge in [-0.2, -0.15) is 0 Å². The molecule has 0 spiro atoms. The first-order valence-electron chi connectivity index (χ1n) is 5.37. The normalized spacial score (nSPS) is 15.9. The molecule has 1 aliphatic heterocycles. The third-order valence-electron chi connectivity index (χ3n) is 2.56. The van der Waals surface area contributed by atoms with E-state index in [0.717, 1.165) is 5.56 Å². The fourth-order valence-electron chi connectivity index (χ4n) is 1.54. The Balaban J connectivity index is 1.97. The molecule has 3 nitrogen and oxygen atoms in total. The second-order valence-electron chi connectivity index (χ2n) is 3.88. The smallest absolute Gasteiger partial charge is 0.248 e. The molecule has 0 bridgehead atoms. The summed E-state index contributed by atoms with van der Waals surface area (Å²) in [6.07, 6.45) is 3.43. The van der Waals surface area contributed by atoms with Gasteiger partial charge in [0.1, 0.15) is 6.73 Å². The maximum atomic E-state index is 11.6. The lowest BCUT2D eigenvalue weighted by molar-refractivity contribution is -0.126. The summed E-state index contributed by atoms with van der Waals surface area (Å²) in [6, 6.07) is 8.06. The van der Waals surface area contributed by atoms with Crippen molar-refractivity contribution < 1.29 is 9.53 Å². The standard InChI is InChI=1S/C13H15NO2/c1-11-2-4-12(5-3-11)6-7-13(15)14-8-9-16-10-14/h2-7H,8-10H2,1H3/b7-6+. The van der Waals surface area contributed by atoms with Crippen molar-refractivity contribution in [2.75, 3.05) is 19.9 Å². The van der Waals surface area contributed by atoms with Crippen LogP contribution in [-0.4, -0.2) is 30.7 Å². The van der Waals surface area contributed by atoms with Crippen LogP contribution in [0.1, 0.15) is 11.1 Å². The van der Waals surface area contributed by atoms with Crippen molar-refractivity contribution in [2.45, 2.75) is 6.92 Å². The topological polar surface area (TPSA) is 29.5 Å². The van der Waals surface area contributed by atoms with E-state index in [2.05, 4.69) is 0 Å².